The molecule has 0 N–H and O–H groups in total. The molecular formula is C28H16N6O+2. The van der Waals surface area contributed by atoms with Crippen LogP contribution in [0, 0.1) is 6.92 Å². The van der Waals surface area contributed by atoms with Crippen LogP contribution in [0.3, 0.4) is 0 Å². The zero-order chi connectivity index (χ0) is 22.6. The molecule has 7 heteroatoms. The fourth-order valence-electron chi connectivity index (χ4n) is 6.94. The maximum atomic E-state index is 6.59. The monoisotopic (exact) mass is 452 g/mol. The van der Waals surface area contributed by atoms with Gasteiger partial charge in [-0.2, -0.15) is 9.50 Å². The summed E-state index contributed by atoms with van der Waals surface area (Å²) in [5.74, 6) is 0.949. The Bertz CT molecular complexity index is 2170. The van der Waals surface area contributed by atoms with Crippen LogP contribution in [-0.2, 0) is 5.79 Å². The highest BCUT2D eigenvalue weighted by Gasteiger charge is 2.70. The first-order chi connectivity index (χ1) is 17.3. The Balaban J connectivity index is 1.62. The highest BCUT2D eigenvalue weighted by atomic mass is 16.5. The van der Waals surface area contributed by atoms with E-state index in [1.807, 2.05) is 12.4 Å². The summed E-state index contributed by atoms with van der Waals surface area (Å²) < 4.78 is 16.0. The van der Waals surface area contributed by atoms with E-state index in [9.17, 15) is 0 Å². The second-order valence-electron chi connectivity index (χ2n) is 9.64. The van der Waals surface area contributed by atoms with Crippen LogP contribution in [0.1, 0.15) is 11.3 Å². The molecule has 162 valence electrons. The molecule has 0 saturated heterocycles. The van der Waals surface area contributed by atoms with Gasteiger partial charge in [0.1, 0.15) is 11.2 Å². The third-order valence-electron chi connectivity index (χ3n) is 8.02. The number of rotatable bonds is 0. The Kier molecular flexibility index (Phi) is 2.40. The minimum absolute atomic E-state index is 0.732. The Hall–Kier alpha value is -4.78. The van der Waals surface area contributed by atoms with Gasteiger partial charge in [-0.1, -0.05) is 16.7 Å². The van der Waals surface area contributed by atoms with Gasteiger partial charge in [0.2, 0.25) is 5.69 Å². The summed E-state index contributed by atoms with van der Waals surface area (Å²) in [5, 5.41) is 8.61. The van der Waals surface area contributed by atoms with Crippen molar-refractivity contribution < 1.29 is 13.9 Å². The molecule has 3 aliphatic rings. The molecule has 1 unspecified atom stereocenters. The molecular weight excluding hydrogens is 436 g/mol. The Morgan fingerprint density at radius 2 is 1.86 bits per heavy atom. The van der Waals surface area contributed by atoms with Crippen molar-refractivity contribution in [2.24, 2.45) is 0 Å². The Labute approximate surface area is 197 Å². The molecule has 0 aliphatic carbocycles. The number of hydrogen-bond donors (Lipinski definition) is 0. The average Bonchev–Trinajstić information content (AvgIpc) is 3.60. The summed E-state index contributed by atoms with van der Waals surface area (Å²) in [4.78, 5) is 4.51. The first kappa shape index (κ1) is 16.8. The van der Waals surface area contributed by atoms with Crippen LogP contribution in [0.15, 0.2) is 79.1 Å². The van der Waals surface area contributed by atoms with Gasteiger partial charge >= 0.3 is 17.3 Å². The van der Waals surface area contributed by atoms with Crippen LogP contribution in [0.2, 0.25) is 0 Å². The predicted molar refractivity (Wildman–Crippen MR) is 128 cm³/mol. The van der Waals surface area contributed by atoms with Crippen LogP contribution in [-0.4, -0.2) is 19.2 Å². The van der Waals surface area contributed by atoms with Crippen LogP contribution in [0.4, 0.5) is 0 Å². The molecule has 0 amide bonds. The number of pyridine rings is 3. The van der Waals surface area contributed by atoms with E-state index in [0.29, 0.717) is 0 Å². The van der Waals surface area contributed by atoms with E-state index in [4.69, 9.17) is 9.84 Å². The quantitative estimate of drug-likeness (QED) is 0.258. The van der Waals surface area contributed by atoms with E-state index in [0.717, 1.165) is 61.9 Å². The smallest absolute Gasteiger partial charge is 0.404 e. The molecule has 3 aliphatic heterocycles. The van der Waals surface area contributed by atoms with Crippen LogP contribution >= 0.6 is 0 Å². The average molecular weight is 452 g/mol. The maximum absolute atomic E-state index is 6.59. The summed E-state index contributed by atoms with van der Waals surface area (Å²) in [7, 11) is 0. The highest BCUT2D eigenvalue weighted by molar-refractivity contribution is 6.15. The molecule has 7 aromatic rings. The molecule has 5 aromatic heterocycles. The van der Waals surface area contributed by atoms with Gasteiger partial charge in [-0.3, -0.25) is 4.98 Å². The van der Waals surface area contributed by atoms with Gasteiger partial charge in [-0.05, 0) is 43.3 Å². The second-order valence-corrected chi connectivity index (χ2v) is 9.64. The molecule has 35 heavy (non-hydrogen) atoms. The summed E-state index contributed by atoms with van der Waals surface area (Å²) in [6.45, 7) is 2.07. The molecule has 0 bridgehead atoms. The van der Waals surface area contributed by atoms with Gasteiger partial charge in [0, 0.05) is 35.3 Å². The van der Waals surface area contributed by atoms with Crippen molar-refractivity contribution in [3.63, 3.8) is 0 Å². The zero-order valence-corrected chi connectivity index (χ0v) is 18.6. The molecule has 1 spiro atoms. The van der Waals surface area contributed by atoms with Crippen molar-refractivity contribution in [2.75, 3.05) is 0 Å². The molecule has 7 nitrogen and oxygen atoms in total. The lowest BCUT2D eigenvalue weighted by Gasteiger charge is -2.26. The minimum Gasteiger partial charge on any atom is -0.404 e. The first-order valence-electron chi connectivity index (χ1n) is 11.8. The number of benzene rings is 2. The summed E-state index contributed by atoms with van der Waals surface area (Å²) >= 11 is 0. The highest BCUT2D eigenvalue weighted by Crippen LogP contribution is 2.52. The Morgan fingerprint density at radius 1 is 0.914 bits per heavy atom. The number of aryl methyl sites for hydroxylation is 1. The fraction of sp³-hybridized carbons (Fsp3) is 0.0714. The number of ether oxygens (including phenoxy) is 1. The number of hydrogen-bond acceptors (Lipinski definition) is 3. The summed E-state index contributed by atoms with van der Waals surface area (Å²) in [6, 6.07) is 23.5. The third kappa shape index (κ3) is 1.50. The molecule has 8 heterocycles. The molecule has 0 fully saturated rings. The maximum Gasteiger partial charge on any atom is 0.449 e. The van der Waals surface area contributed by atoms with Gasteiger partial charge in [-0.25, -0.2) is 0 Å². The zero-order valence-electron chi connectivity index (χ0n) is 18.6. The number of para-hydroxylation sites is 2. The topological polar surface area (TPSA) is 52.1 Å². The van der Waals surface area contributed by atoms with E-state index in [1.165, 1.54) is 10.8 Å². The lowest BCUT2D eigenvalue weighted by atomic mass is 9.98. The SMILES string of the molecule is Cc1cc2n(n1)C13c4c(ccc5c6cnccc6n6c7ccccc7[n+]1c6c45)Oc1cccc-2[n+]13. The molecule has 1 atom stereocenters. The predicted octanol–water partition coefficient (Wildman–Crippen LogP) is 4.03. The number of nitrogens with zero attached hydrogens (tertiary/aromatic N) is 6. The van der Waals surface area contributed by atoms with Gasteiger partial charge in [0.05, 0.1) is 17.1 Å². The number of fused-ring (bicyclic) bond motifs is 8. The largest absolute Gasteiger partial charge is 0.449 e. The fourth-order valence-corrected chi connectivity index (χ4v) is 6.94. The first-order valence-corrected chi connectivity index (χ1v) is 11.8. The van der Waals surface area contributed by atoms with Crippen molar-refractivity contribution in [3.05, 3.63) is 90.4 Å². The number of imidazole rings is 1. The molecule has 0 saturated carbocycles. The second kappa shape index (κ2) is 5.00. The van der Waals surface area contributed by atoms with E-state index in [-0.39, 0.29) is 0 Å². The molecule has 2 aromatic carbocycles. The van der Waals surface area contributed by atoms with E-state index in [2.05, 4.69) is 96.9 Å². The van der Waals surface area contributed by atoms with Crippen LogP contribution in [0.25, 0.3) is 49.7 Å². The minimum atomic E-state index is -0.732. The lowest BCUT2D eigenvalue weighted by Crippen LogP contribution is -2.75. The van der Waals surface area contributed by atoms with Gasteiger partial charge in [-0.15, -0.1) is 9.25 Å². The molecule has 0 radical (unpaired) electrons. The van der Waals surface area contributed by atoms with Crippen molar-refractivity contribution >= 4 is 38.4 Å². The standard InChI is InChI=1S/C28H16N6O/c1-15-13-22-21-7-4-8-24-32(21)28(34(22)30-15)26-23(35-24)10-9-16-17-14-29-12-11-18(17)31-19-5-2-3-6-20(19)33(28)27(31)25(16)26/h2-14H,1H3/q+2. The summed E-state index contributed by atoms with van der Waals surface area (Å²) in [6.07, 6.45) is 3.86. The van der Waals surface area contributed by atoms with Gasteiger partial charge in [0.25, 0.3) is 0 Å². The van der Waals surface area contributed by atoms with Crippen molar-refractivity contribution in [2.45, 2.75) is 12.7 Å². The van der Waals surface area contributed by atoms with E-state index < -0.39 is 5.79 Å². The third-order valence-corrected chi connectivity index (χ3v) is 8.02. The van der Waals surface area contributed by atoms with Gasteiger partial charge < -0.3 is 4.74 Å². The lowest BCUT2D eigenvalue weighted by molar-refractivity contribution is -0.960. The molecule has 10 rings (SSSR count). The van der Waals surface area contributed by atoms with Crippen LogP contribution < -0.4 is 13.9 Å². The summed E-state index contributed by atoms with van der Waals surface area (Å²) in [5.41, 5.74) is 8.92. The van der Waals surface area contributed by atoms with Crippen molar-refractivity contribution in [1.29, 1.82) is 0 Å². The normalized spacial score (nSPS) is 18.2. The van der Waals surface area contributed by atoms with Crippen molar-refractivity contribution in [1.82, 2.24) is 19.2 Å². The number of aromatic nitrogens is 6. The van der Waals surface area contributed by atoms with E-state index in [1.54, 1.807) is 0 Å². The van der Waals surface area contributed by atoms with Gasteiger partial charge in [0.15, 0.2) is 22.3 Å². The van der Waals surface area contributed by atoms with Crippen molar-refractivity contribution in [3.8, 4) is 23.0 Å². The van der Waals surface area contributed by atoms with E-state index >= 15 is 0 Å². The van der Waals surface area contributed by atoms with Crippen LogP contribution in [0.5, 0.6) is 11.6 Å². The Morgan fingerprint density at radius 3 is 2.83 bits per heavy atom.